The van der Waals surface area contributed by atoms with Crippen LogP contribution in [0.5, 0.6) is 0 Å². The number of fused-ring (bicyclic) bond motifs is 1. The Bertz CT molecular complexity index is 1050. The van der Waals surface area contributed by atoms with E-state index in [4.69, 9.17) is 32.9 Å². The minimum atomic E-state index is -0.172. The fourth-order valence-corrected chi connectivity index (χ4v) is 5.33. The number of carbonyl (C=O) groups is 1. The quantitative estimate of drug-likeness (QED) is 0.446. The Morgan fingerprint density at radius 2 is 2.03 bits per heavy atom. The summed E-state index contributed by atoms with van der Waals surface area (Å²) in [7, 11) is 0. The second-order valence-electron chi connectivity index (χ2n) is 6.87. The zero-order chi connectivity index (χ0) is 21.1. The lowest BCUT2D eigenvalue weighted by atomic mass is 10.2. The topological polar surface area (TPSA) is 45.7 Å². The van der Waals surface area contributed by atoms with Crippen molar-refractivity contribution in [2.45, 2.75) is 4.90 Å². The molecule has 3 aromatic rings. The van der Waals surface area contributed by atoms with E-state index < -0.39 is 0 Å². The molecular weight excluding hydrogens is 461 g/mol. The van der Waals surface area contributed by atoms with Crippen molar-refractivity contribution in [2.75, 3.05) is 50.5 Å². The molecule has 30 heavy (non-hydrogen) atoms. The van der Waals surface area contributed by atoms with Crippen molar-refractivity contribution < 1.29 is 9.53 Å². The van der Waals surface area contributed by atoms with Crippen LogP contribution in [0.3, 0.4) is 0 Å². The lowest BCUT2D eigenvalue weighted by Gasteiger charge is -2.29. The molecule has 0 radical (unpaired) electrons. The zero-order valence-corrected chi connectivity index (χ0v) is 19.6. The highest BCUT2D eigenvalue weighted by molar-refractivity contribution is 7.98. The van der Waals surface area contributed by atoms with Gasteiger partial charge in [0, 0.05) is 36.1 Å². The van der Waals surface area contributed by atoms with Gasteiger partial charge in [0.25, 0.3) is 5.91 Å². The molecule has 9 heteroatoms. The predicted molar refractivity (Wildman–Crippen MR) is 127 cm³/mol. The van der Waals surface area contributed by atoms with Crippen LogP contribution in [-0.4, -0.2) is 61.4 Å². The van der Waals surface area contributed by atoms with Crippen molar-refractivity contribution in [1.82, 2.24) is 9.88 Å². The van der Waals surface area contributed by atoms with Gasteiger partial charge in [-0.3, -0.25) is 14.6 Å². The number of hydrogen-bond donors (Lipinski definition) is 0. The van der Waals surface area contributed by atoms with Crippen LogP contribution in [0, 0.1) is 0 Å². The van der Waals surface area contributed by atoms with Gasteiger partial charge in [0.05, 0.1) is 34.0 Å². The van der Waals surface area contributed by atoms with Crippen molar-refractivity contribution in [2.24, 2.45) is 0 Å². The highest BCUT2D eigenvalue weighted by atomic mass is 35.5. The largest absolute Gasteiger partial charge is 0.379 e. The molecule has 1 fully saturated rings. The molecule has 1 aliphatic rings. The van der Waals surface area contributed by atoms with Gasteiger partial charge in [0.2, 0.25) is 0 Å². The van der Waals surface area contributed by atoms with E-state index in [9.17, 15) is 4.79 Å². The first-order chi connectivity index (χ1) is 14.5. The molecule has 2 aromatic carbocycles. The summed E-state index contributed by atoms with van der Waals surface area (Å²) >= 11 is 15.6. The summed E-state index contributed by atoms with van der Waals surface area (Å²) in [5, 5.41) is 1.52. The molecule has 0 aliphatic carbocycles. The van der Waals surface area contributed by atoms with Gasteiger partial charge in [-0.05, 0) is 42.7 Å². The number of carbonyl (C=O) groups excluding carboxylic acids is 1. The van der Waals surface area contributed by atoms with Gasteiger partial charge in [-0.1, -0.05) is 34.5 Å². The van der Waals surface area contributed by atoms with E-state index in [2.05, 4.69) is 11.0 Å². The average molecular weight is 482 g/mol. The maximum atomic E-state index is 13.5. The Morgan fingerprint density at radius 1 is 1.23 bits per heavy atom. The number of benzene rings is 2. The van der Waals surface area contributed by atoms with Crippen LogP contribution in [0.15, 0.2) is 41.3 Å². The molecule has 2 heterocycles. The van der Waals surface area contributed by atoms with E-state index in [1.807, 2.05) is 18.4 Å². The minimum absolute atomic E-state index is 0.172. The molecule has 158 valence electrons. The third-order valence-corrected chi connectivity index (χ3v) is 7.28. The minimum Gasteiger partial charge on any atom is -0.379 e. The van der Waals surface area contributed by atoms with Crippen LogP contribution < -0.4 is 4.90 Å². The van der Waals surface area contributed by atoms with E-state index in [1.165, 1.54) is 16.2 Å². The lowest BCUT2D eigenvalue weighted by molar-refractivity contribution is 0.0391. The Hall–Kier alpha value is -1.35. The first kappa shape index (κ1) is 21.9. The van der Waals surface area contributed by atoms with Crippen molar-refractivity contribution in [1.29, 1.82) is 0 Å². The normalized spacial score (nSPS) is 14.9. The second kappa shape index (κ2) is 9.85. The van der Waals surface area contributed by atoms with Crippen LogP contribution in [0.4, 0.5) is 5.13 Å². The highest BCUT2D eigenvalue weighted by Gasteiger charge is 2.24. The highest BCUT2D eigenvalue weighted by Crippen LogP contribution is 2.33. The molecule has 0 atom stereocenters. The summed E-state index contributed by atoms with van der Waals surface area (Å²) < 4.78 is 6.49. The van der Waals surface area contributed by atoms with Gasteiger partial charge in [-0.25, -0.2) is 4.98 Å². The van der Waals surface area contributed by atoms with Crippen LogP contribution in [0.25, 0.3) is 10.2 Å². The van der Waals surface area contributed by atoms with E-state index in [0.29, 0.717) is 27.3 Å². The van der Waals surface area contributed by atoms with Crippen LogP contribution >= 0.6 is 46.3 Å². The van der Waals surface area contributed by atoms with Gasteiger partial charge in [-0.15, -0.1) is 11.8 Å². The van der Waals surface area contributed by atoms with Crippen LogP contribution in [0.1, 0.15) is 10.4 Å². The summed E-state index contributed by atoms with van der Waals surface area (Å²) in [4.78, 5) is 23.4. The first-order valence-electron chi connectivity index (χ1n) is 9.57. The summed E-state index contributed by atoms with van der Waals surface area (Å²) in [5.41, 5.74) is 1.31. The third-order valence-electron chi connectivity index (χ3n) is 4.97. The fourth-order valence-electron chi connectivity index (χ4n) is 3.29. The zero-order valence-electron chi connectivity index (χ0n) is 16.4. The van der Waals surface area contributed by atoms with E-state index in [-0.39, 0.29) is 5.91 Å². The fraction of sp³-hybridized carbons (Fsp3) is 0.333. The predicted octanol–water partition coefficient (Wildman–Crippen LogP) is 5.30. The molecule has 0 bridgehead atoms. The number of rotatable bonds is 6. The molecule has 1 aliphatic heterocycles. The molecule has 0 unspecified atom stereocenters. The van der Waals surface area contributed by atoms with Gasteiger partial charge in [-0.2, -0.15) is 0 Å². The van der Waals surface area contributed by atoms with E-state index >= 15 is 0 Å². The SMILES string of the molecule is CSc1ccc2nc(N(CCN3CCOCC3)C(=O)c3ccc(Cl)cc3Cl)sc2c1. The number of thiazole rings is 1. The molecule has 1 aromatic heterocycles. The van der Waals surface area contributed by atoms with Crippen LogP contribution in [0.2, 0.25) is 10.0 Å². The summed E-state index contributed by atoms with van der Waals surface area (Å²) in [6, 6.07) is 11.1. The Balaban J connectivity index is 1.66. The van der Waals surface area contributed by atoms with Gasteiger partial charge < -0.3 is 4.74 Å². The smallest absolute Gasteiger partial charge is 0.261 e. The Labute approximate surface area is 193 Å². The number of ether oxygens (including phenoxy) is 1. The lowest BCUT2D eigenvalue weighted by Crippen LogP contribution is -2.43. The number of nitrogens with zero attached hydrogens (tertiary/aromatic N) is 3. The summed E-state index contributed by atoms with van der Waals surface area (Å²) in [5.74, 6) is -0.172. The van der Waals surface area contributed by atoms with Gasteiger partial charge in [0.15, 0.2) is 5.13 Å². The maximum Gasteiger partial charge on any atom is 0.261 e. The number of halogens is 2. The maximum absolute atomic E-state index is 13.5. The first-order valence-corrected chi connectivity index (χ1v) is 12.4. The van der Waals surface area contributed by atoms with Crippen molar-refractivity contribution in [3.05, 3.63) is 52.0 Å². The molecule has 0 N–H and O–H groups in total. The molecule has 5 nitrogen and oxygen atoms in total. The molecule has 0 saturated carbocycles. The molecule has 0 spiro atoms. The third kappa shape index (κ3) is 4.93. The number of anilines is 1. The average Bonchev–Trinajstić information content (AvgIpc) is 3.17. The Kier molecular flexibility index (Phi) is 7.18. The molecule has 1 amide bonds. The van der Waals surface area contributed by atoms with Gasteiger partial charge >= 0.3 is 0 Å². The Morgan fingerprint density at radius 3 is 2.77 bits per heavy atom. The van der Waals surface area contributed by atoms with Crippen molar-refractivity contribution in [3.8, 4) is 0 Å². The van der Waals surface area contributed by atoms with Crippen molar-refractivity contribution in [3.63, 3.8) is 0 Å². The molecule has 4 rings (SSSR count). The molecule has 1 saturated heterocycles. The molecular formula is C21H21Cl2N3O2S2. The number of amides is 1. The number of hydrogen-bond acceptors (Lipinski definition) is 6. The summed E-state index contributed by atoms with van der Waals surface area (Å²) in [6.45, 7) is 4.42. The monoisotopic (exact) mass is 481 g/mol. The number of thioether (sulfide) groups is 1. The van der Waals surface area contributed by atoms with Gasteiger partial charge in [0.1, 0.15) is 0 Å². The van der Waals surface area contributed by atoms with E-state index in [1.54, 1.807) is 34.9 Å². The standard InChI is InChI=1S/C21H21Cl2N3O2S2/c1-29-15-3-5-18-19(13-15)30-21(24-18)26(7-6-25-8-10-28-11-9-25)20(27)16-4-2-14(22)12-17(16)23/h2-5,12-13H,6-11H2,1H3. The summed E-state index contributed by atoms with van der Waals surface area (Å²) in [6.07, 6.45) is 2.05. The van der Waals surface area contributed by atoms with Crippen LogP contribution in [-0.2, 0) is 4.74 Å². The second-order valence-corrected chi connectivity index (χ2v) is 9.60. The van der Waals surface area contributed by atoms with E-state index in [0.717, 1.165) is 43.1 Å². The van der Waals surface area contributed by atoms with Crippen molar-refractivity contribution >= 4 is 67.6 Å². The number of aromatic nitrogens is 1. The number of morpholine rings is 1.